The molecule has 0 unspecified atom stereocenters. The zero-order valence-corrected chi connectivity index (χ0v) is 17.3. The number of benzene rings is 1. The maximum Gasteiger partial charge on any atom is 0.263 e. The molecule has 0 saturated carbocycles. The molecule has 1 saturated heterocycles. The Balaban J connectivity index is 1.35. The molecule has 0 amide bonds. The molecule has 31 heavy (non-hydrogen) atoms. The Bertz CT molecular complexity index is 1140. The van der Waals surface area contributed by atoms with E-state index in [1.54, 1.807) is 12.3 Å². The lowest BCUT2D eigenvalue weighted by molar-refractivity contribution is 0.509. The summed E-state index contributed by atoms with van der Waals surface area (Å²) in [5.74, 6) is -0.650. The van der Waals surface area contributed by atoms with Crippen molar-refractivity contribution in [2.45, 2.75) is 23.8 Å². The second kappa shape index (κ2) is 8.84. The van der Waals surface area contributed by atoms with Crippen molar-refractivity contribution in [2.24, 2.45) is 0 Å². The maximum atomic E-state index is 13.3. The molecule has 2 N–H and O–H groups in total. The summed E-state index contributed by atoms with van der Waals surface area (Å²) in [6.45, 7) is 1.72. The largest absolute Gasteiger partial charge is 0.367 e. The highest BCUT2D eigenvalue weighted by Gasteiger charge is 2.21. The molecule has 0 radical (unpaired) electrons. The number of pyridine rings is 2. The number of sulfonamides is 1. The number of nitrogens with zero attached hydrogens (tertiary/aromatic N) is 3. The van der Waals surface area contributed by atoms with Crippen LogP contribution >= 0.6 is 0 Å². The van der Waals surface area contributed by atoms with Gasteiger partial charge in [-0.1, -0.05) is 6.07 Å². The third-order valence-electron chi connectivity index (χ3n) is 5.04. The van der Waals surface area contributed by atoms with E-state index in [0.29, 0.717) is 5.82 Å². The van der Waals surface area contributed by atoms with Gasteiger partial charge in [0.05, 0.1) is 5.69 Å². The van der Waals surface area contributed by atoms with E-state index in [9.17, 15) is 17.2 Å². The highest BCUT2D eigenvalue weighted by molar-refractivity contribution is 7.92. The zero-order valence-electron chi connectivity index (χ0n) is 16.5. The van der Waals surface area contributed by atoms with E-state index in [2.05, 4.69) is 24.9 Å². The van der Waals surface area contributed by atoms with Crippen LogP contribution in [0.15, 0.2) is 65.8 Å². The third-order valence-corrected chi connectivity index (χ3v) is 6.41. The van der Waals surface area contributed by atoms with Crippen LogP contribution in [0.3, 0.4) is 0 Å². The van der Waals surface area contributed by atoms with Crippen molar-refractivity contribution < 1.29 is 17.2 Å². The van der Waals surface area contributed by atoms with Gasteiger partial charge in [-0.25, -0.2) is 27.2 Å². The summed E-state index contributed by atoms with van der Waals surface area (Å²) in [7, 11) is -3.97. The minimum absolute atomic E-state index is 0.0687. The lowest BCUT2D eigenvalue weighted by Gasteiger charge is -2.33. The van der Waals surface area contributed by atoms with Gasteiger partial charge >= 0.3 is 0 Å². The fourth-order valence-electron chi connectivity index (χ4n) is 3.40. The number of rotatable bonds is 6. The van der Waals surface area contributed by atoms with Crippen LogP contribution < -0.4 is 14.9 Å². The first-order valence-corrected chi connectivity index (χ1v) is 11.3. The van der Waals surface area contributed by atoms with E-state index >= 15 is 0 Å². The van der Waals surface area contributed by atoms with Crippen molar-refractivity contribution in [3.8, 4) is 0 Å². The van der Waals surface area contributed by atoms with Crippen molar-refractivity contribution in [2.75, 3.05) is 28.0 Å². The second-order valence-electron chi connectivity index (χ2n) is 7.21. The van der Waals surface area contributed by atoms with Crippen molar-refractivity contribution in [1.29, 1.82) is 0 Å². The Morgan fingerprint density at radius 2 is 1.77 bits per heavy atom. The van der Waals surface area contributed by atoms with Gasteiger partial charge in [0, 0.05) is 37.6 Å². The van der Waals surface area contributed by atoms with E-state index in [1.165, 1.54) is 12.3 Å². The highest BCUT2D eigenvalue weighted by Crippen LogP contribution is 2.22. The molecule has 162 valence electrons. The Morgan fingerprint density at radius 1 is 0.968 bits per heavy atom. The van der Waals surface area contributed by atoms with E-state index in [1.807, 2.05) is 18.2 Å². The van der Waals surface area contributed by atoms with Crippen LogP contribution in [0.1, 0.15) is 12.8 Å². The predicted octanol–water partition coefficient (Wildman–Crippen LogP) is 3.64. The molecule has 1 aromatic carbocycles. The molecule has 0 atom stereocenters. The first kappa shape index (κ1) is 21.0. The Labute approximate surface area is 179 Å². The van der Waals surface area contributed by atoms with E-state index in [0.717, 1.165) is 49.9 Å². The number of piperidine rings is 1. The molecule has 0 spiro atoms. The standard InChI is InChI=1S/C21H21F2N5O2S/c22-18-6-4-16(13-19(18)23)27-31(29,30)17-5-7-20(25-14-17)26-15-8-11-28(12-9-15)21-3-1-2-10-24-21/h1-7,10,13-15,27H,8-9,11-12H2,(H,25,26). The summed E-state index contributed by atoms with van der Waals surface area (Å²) in [5, 5.41) is 3.33. The molecule has 3 heterocycles. The summed E-state index contributed by atoms with van der Waals surface area (Å²) in [6, 6.07) is 11.9. The van der Waals surface area contributed by atoms with Crippen molar-refractivity contribution in [1.82, 2.24) is 9.97 Å². The normalized spacial score (nSPS) is 15.0. The van der Waals surface area contributed by atoms with Crippen LogP contribution in [-0.2, 0) is 10.0 Å². The van der Waals surface area contributed by atoms with E-state index in [4.69, 9.17) is 0 Å². The van der Waals surface area contributed by atoms with Crippen molar-refractivity contribution in [3.63, 3.8) is 0 Å². The quantitative estimate of drug-likeness (QED) is 0.603. The molecular weight excluding hydrogens is 424 g/mol. The number of hydrogen-bond acceptors (Lipinski definition) is 6. The van der Waals surface area contributed by atoms with E-state index < -0.39 is 21.7 Å². The number of halogens is 2. The van der Waals surface area contributed by atoms with Crippen LogP contribution in [0.5, 0.6) is 0 Å². The van der Waals surface area contributed by atoms with Crippen LogP contribution in [0.2, 0.25) is 0 Å². The topological polar surface area (TPSA) is 87.2 Å². The summed E-state index contributed by atoms with van der Waals surface area (Å²) in [5.41, 5.74) is -0.0687. The van der Waals surface area contributed by atoms with Crippen LogP contribution in [-0.4, -0.2) is 37.5 Å². The predicted molar refractivity (Wildman–Crippen MR) is 114 cm³/mol. The van der Waals surface area contributed by atoms with Crippen LogP contribution in [0.25, 0.3) is 0 Å². The smallest absolute Gasteiger partial charge is 0.263 e. The Hall–Kier alpha value is -3.27. The number of anilines is 3. The first-order chi connectivity index (χ1) is 14.9. The lowest BCUT2D eigenvalue weighted by atomic mass is 10.1. The number of aromatic nitrogens is 2. The fourth-order valence-corrected chi connectivity index (χ4v) is 4.39. The van der Waals surface area contributed by atoms with Gasteiger partial charge in [-0.15, -0.1) is 0 Å². The lowest BCUT2D eigenvalue weighted by Crippen LogP contribution is -2.39. The molecule has 1 fully saturated rings. The average molecular weight is 445 g/mol. The molecule has 4 rings (SSSR count). The van der Waals surface area contributed by atoms with Crippen LogP contribution in [0.4, 0.5) is 26.1 Å². The van der Waals surface area contributed by atoms with Gasteiger partial charge in [0.25, 0.3) is 10.0 Å². The summed E-state index contributed by atoms with van der Waals surface area (Å²) < 4.78 is 53.5. The summed E-state index contributed by atoms with van der Waals surface area (Å²) >= 11 is 0. The van der Waals surface area contributed by atoms with Crippen molar-refractivity contribution in [3.05, 3.63) is 72.6 Å². The molecule has 10 heteroatoms. The van der Waals surface area contributed by atoms with Gasteiger partial charge in [0.2, 0.25) is 0 Å². The zero-order chi connectivity index (χ0) is 21.8. The molecular formula is C21H21F2N5O2S. The van der Waals surface area contributed by atoms with Gasteiger partial charge in [0.1, 0.15) is 16.5 Å². The summed E-state index contributed by atoms with van der Waals surface area (Å²) in [6.07, 6.45) is 4.81. The summed E-state index contributed by atoms with van der Waals surface area (Å²) in [4.78, 5) is 10.7. The van der Waals surface area contributed by atoms with E-state index in [-0.39, 0.29) is 16.6 Å². The minimum Gasteiger partial charge on any atom is -0.367 e. The monoisotopic (exact) mass is 445 g/mol. The van der Waals surface area contributed by atoms with Gasteiger partial charge < -0.3 is 10.2 Å². The minimum atomic E-state index is -3.97. The molecule has 1 aliphatic rings. The van der Waals surface area contributed by atoms with Gasteiger partial charge in [-0.3, -0.25) is 4.72 Å². The second-order valence-corrected chi connectivity index (χ2v) is 8.89. The number of nitrogens with one attached hydrogen (secondary N) is 2. The molecule has 3 aromatic rings. The average Bonchev–Trinajstić information content (AvgIpc) is 2.78. The third kappa shape index (κ3) is 5.08. The van der Waals surface area contributed by atoms with Gasteiger partial charge in [0.15, 0.2) is 11.6 Å². The maximum absolute atomic E-state index is 13.3. The number of hydrogen-bond donors (Lipinski definition) is 2. The van der Waals surface area contributed by atoms with Crippen LogP contribution in [0, 0.1) is 11.6 Å². The Kier molecular flexibility index (Phi) is 5.99. The molecule has 2 aromatic heterocycles. The van der Waals surface area contributed by atoms with Gasteiger partial charge in [-0.2, -0.15) is 0 Å². The van der Waals surface area contributed by atoms with Crippen molar-refractivity contribution >= 4 is 27.3 Å². The first-order valence-electron chi connectivity index (χ1n) is 9.77. The fraction of sp³-hybridized carbons (Fsp3) is 0.238. The molecule has 1 aliphatic heterocycles. The van der Waals surface area contributed by atoms with Gasteiger partial charge in [-0.05, 0) is 49.2 Å². The highest BCUT2D eigenvalue weighted by atomic mass is 32.2. The molecule has 0 bridgehead atoms. The SMILES string of the molecule is O=S(=O)(Nc1ccc(F)c(F)c1)c1ccc(NC2CCN(c3ccccn3)CC2)nc1. The molecule has 0 aliphatic carbocycles. The Morgan fingerprint density at radius 3 is 2.42 bits per heavy atom. The molecule has 7 nitrogen and oxygen atoms in total.